The summed E-state index contributed by atoms with van der Waals surface area (Å²) in [6, 6.07) is 0.673. The Morgan fingerprint density at radius 2 is 2.06 bits per heavy atom. The number of nitrogens with zero attached hydrogens (tertiary/aromatic N) is 2. The summed E-state index contributed by atoms with van der Waals surface area (Å²) in [4.78, 5) is 0. The molecule has 1 aliphatic rings. The van der Waals surface area contributed by atoms with Gasteiger partial charge in [-0.25, -0.2) is 0 Å². The minimum absolute atomic E-state index is 0.272. The Bertz CT molecular complexity index is 394. The number of hydrogen-bond acceptors (Lipinski definition) is 2. The third-order valence-corrected chi connectivity index (χ3v) is 4.27. The number of rotatable bonds is 2. The molecule has 0 amide bonds. The summed E-state index contributed by atoms with van der Waals surface area (Å²) in [7, 11) is 0. The highest BCUT2D eigenvalue weighted by molar-refractivity contribution is 5.25. The average molecular weight is 235 g/mol. The zero-order valence-electron chi connectivity index (χ0n) is 11.5. The summed E-state index contributed by atoms with van der Waals surface area (Å²) in [5.74, 6) is 0.772. The summed E-state index contributed by atoms with van der Waals surface area (Å²) in [6.45, 7) is 8.82. The fourth-order valence-corrected chi connectivity index (χ4v) is 3.19. The lowest BCUT2D eigenvalue weighted by molar-refractivity contribution is 0.230. The van der Waals surface area contributed by atoms with Gasteiger partial charge in [0.1, 0.15) is 0 Å². The van der Waals surface area contributed by atoms with Gasteiger partial charge < -0.3 is 5.73 Å². The highest BCUT2D eigenvalue weighted by Gasteiger charge is 2.29. The molecule has 96 valence electrons. The first kappa shape index (κ1) is 12.6. The number of nitrogens with two attached hydrogens (primary N) is 1. The van der Waals surface area contributed by atoms with Crippen molar-refractivity contribution in [3.8, 4) is 0 Å². The molecule has 2 N–H and O–H groups in total. The van der Waals surface area contributed by atoms with E-state index in [-0.39, 0.29) is 6.04 Å². The Kier molecular flexibility index (Phi) is 3.57. The van der Waals surface area contributed by atoms with Crippen molar-refractivity contribution in [3.05, 3.63) is 17.0 Å². The second kappa shape index (κ2) is 4.81. The SMILES string of the molecule is CCc1c(C)nn(C2CC(C)CCC2N)c1C. The third-order valence-electron chi connectivity index (χ3n) is 4.27. The van der Waals surface area contributed by atoms with E-state index in [1.807, 2.05) is 0 Å². The Labute approximate surface area is 104 Å². The van der Waals surface area contributed by atoms with Crippen LogP contribution in [0.25, 0.3) is 0 Å². The van der Waals surface area contributed by atoms with E-state index in [4.69, 9.17) is 10.8 Å². The highest BCUT2D eigenvalue weighted by Crippen LogP contribution is 2.33. The monoisotopic (exact) mass is 235 g/mol. The largest absolute Gasteiger partial charge is 0.326 e. The molecule has 1 fully saturated rings. The van der Waals surface area contributed by atoms with E-state index in [1.165, 1.54) is 29.8 Å². The first-order valence-electron chi connectivity index (χ1n) is 6.84. The molecule has 0 spiro atoms. The first-order valence-corrected chi connectivity index (χ1v) is 6.84. The van der Waals surface area contributed by atoms with Crippen LogP contribution in [-0.2, 0) is 6.42 Å². The van der Waals surface area contributed by atoms with E-state index in [1.54, 1.807) is 0 Å². The van der Waals surface area contributed by atoms with Crippen molar-refractivity contribution in [2.24, 2.45) is 11.7 Å². The maximum atomic E-state index is 6.28. The van der Waals surface area contributed by atoms with Crippen LogP contribution in [0.2, 0.25) is 0 Å². The van der Waals surface area contributed by atoms with E-state index in [9.17, 15) is 0 Å². The van der Waals surface area contributed by atoms with E-state index in [0.29, 0.717) is 6.04 Å². The lowest BCUT2D eigenvalue weighted by Gasteiger charge is -2.33. The molecule has 1 aliphatic carbocycles. The summed E-state index contributed by atoms with van der Waals surface area (Å²) in [6.07, 6.45) is 4.63. The molecule has 3 unspecified atom stereocenters. The van der Waals surface area contributed by atoms with E-state index < -0.39 is 0 Å². The summed E-state index contributed by atoms with van der Waals surface area (Å²) >= 11 is 0. The van der Waals surface area contributed by atoms with Crippen molar-refractivity contribution in [2.45, 2.75) is 65.5 Å². The maximum Gasteiger partial charge on any atom is 0.0675 e. The molecule has 0 saturated heterocycles. The molecule has 1 saturated carbocycles. The number of aromatic nitrogens is 2. The van der Waals surface area contributed by atoms with Gasteiger partial charge >= 0.3 is 0 Å². The topological polar surface area (TPSA) is 43.8 Å². The fourth-order valence-electron chi connectivity index (χ4n) is 3.19. The van der Waals surface area contributed by atoms with Crippen LogP contribution in [0.1, 0.15) is 56.1 Å². The molecule has 0 bridgehead atoms. The van der Waals surface area contributed by atoms with Crippen LogP contribution in [0.15, 0.2) is 0 Å². The quantitative estimate of drug-likeness (QED) is 0.856. The van der Waals surface area contributed by atoms with Crippen LogP contribution in [0.5, 0.6) is 0 Å². The van der Waals surface area contributed by atoms with E-state index in [2.05, 4.69) is 32.4 Å². The van der Waals surface area contributed by atoms with Crippen LogP contribution in [0.4, 0.5) is 0 Å². The van der Waals surface area contributed by atoms with Crippen LogP contribution in [-0.4, -0.2) is 15.8 Å². The molecule has 3 atom stereocenters. The third kappa shape index (κ3) is 2.25. The molecule has 3 nitrogen and oxygen atoms in total. The summed E-state index contributed by atoms with van der Waals surface area (Å²) in [5.41, 5.74) is 10.2. The normalized spacial score (nSPS) is 29.6. The van der Waals surface area contributed by atoms with Gasteiger partial charge in [0.25, 0.3) is 0 Å². The second-order valence-corrected chi connectivity index (χ2v) is 5.60. The van der Waals surface area contributed by atoms with Gasteiger partial charge in [-0.15, -0.1) is 0 Å². The van der Waals surface area contributed by atoms with E-state index >= 15 is 0 Å². The van der Waals surface area contributed by atoms with Gasteiger partial charge in [0.15, 0.2) is 0 Å². The Hall–Kier alpha value is -0.830. The Morgan fingerprint density at radius 3 is 2.65 bits per heavy atom. The van der Waals surface area contributed by atoms with Crippen molar-refractivity contribution in [3.63, 3.8) is 0 Å². The molecule has 1 aromatic heterocycles. The molecule has 0 radical (unpaired) electrons. The molecule has 0 aromatic carbocycles. The van der Waals surface area contributed by atoms with Gasteiger partial charge in [-0.3, -0.25) is 4.68 Å². The van der Waals surface area contributed by atoms with Crippen molar-refractivity contribution in [1.29, 1.82) is 0 Å². The predicted octanol–water partition coefficient (Wildman–Crippen LogP) is 2.75. The maximum absolute atomic E-state index is 6.28. The summed E-state index contributed by atoms with van der Waals surface area (Å²) in [5, 5.41) is 4.73. The smallest absolute Gasteiger partial charge is 0.0675 e. The average Bonchev–Trinajstić information content (AvgIpc) is 2.57. The molecule has 17 heavy (non-hydrogen) atoms. The lowest BCUT2D eigenvalue weighted by Crippen LogP contribution is -2.38. The van der Waals surface area contributed by atoms with E-state index in [0.717, 1.165) is 18.8 Å². The van der Waals surface area contributed by atoms with Crippen molar-refractivity contribution >= 4 is 0 Å². The van der Waals surface area contributed by atoms with Gasteiger partial charge in [-0.2, -0.15) is 5.10 Å². The van der Waals surface area contributed by atoms with Gasteiger partial charge in [-0.1, -0.05) is 13.8 Å². The molecule has 3 heteroatoms. The second-order valence-electron chi connectivity index (χ2n) is 5.60. The van der Waals surface area contributed by atoms with Crippen molar-refractivity contribution < 1.29 is 0 Å². The molecule has 2 rings (SSSR count). The molecule has 0 aliphatic heterocycles. The van der Waals surface area contributed by atoms with Gasteiger partial charge in [-0.05, 0) is 51.0 Å². The molecule has 1 aromatic rings. The van der Waals surface area contributed by atoms with Crippen LogP contribution in [0.3, 0.4) is 0 Å². The van der Waals surface area contributed by atoms with Crippen molar-refractivity contribution in [2.75, 3.05) is 0 Å². The number of hydrogen-bond donors (Lipinski definition) is 1. The number of aryl methyl sites for hydroxylation is 1. The standard InChI is InChI=1S/C14H25N3/c1-5-12-10(3)16-17(11(12)4)14-8-9(2)6-7-13(14)15/h9,13-14H,5-8,15H2,1-4H3. The minimum atomic E-state index is 0.272. The van der Waals surface area contributed by atoms with Crippen LogP contribution >= 0.6 is 0 Å². The molecular formula is C14H25N3. The zero-order valence-corrected chi connectivity index (χ0v) is 11.5. The molecular weight excluding hydrogens is 210 g/mol. The minimum Gasteiger partial charge on any atom is -0.326 e. The van der Waals surface area contributed by atoms with Crippen LogP contribution in [0, 0.1) is 19.8 Å². The Morgan fingerprint density at radius 1 is 1.35 bits per heavy atom. The summed E-state index contributed by atoms with van der Waals surface area (Å²) < 4.78 is 2.20. The first-order chi connectivity index (χ1) is 8.04. The van der Waals surface area contributed by atoms with Gasteiger partial charge in [0.2, 0.25) is 0 Å². The fraction of sp³-hybridized carbons (Fsp3) is 0.786. The van der Waals surface area contributed by atoms with Crippen LogP contribution < -0.4 is 5.73 Å². The molecule has 1 heterocycles. The predicted molar refractivity (Wildman–Crippen MR) is 71.1 cm³/mol. The van der Waals surface area contributed by atoms with Gasteiger partial charge in [0, 0.05) is 11.7 Å². The zero-order chi connectivity index (χ0) is 12.6. The Balaban J connectivity index is 2.32. The van der Waals surface area contributed by atoms with Crippen molar-refractivity contribution in [1.82, 2.24) is 9.78 Å². The lowest BCUT2D eigenvalue weighted by atomic mass is 9.84. The van der Waals surface area contributed by atoms with Gasteiger partial charge in [0.05, 0.1) is 11.7 Å². The highest BCUT2D eigenvalue weighted by atomic mass is 15.3.